The summed E-state index contributed by atoms with van der Waals surface area (Å²) in [4.78, 5) is 19.1. The first-order chi connectivity index (χ1) is 12.7. The van der Waals surface area contributed by atoms with Crippen molar-refractivity contribution in [2.24, 2.45) is 5.73 Å². The first-order valence-electron chi connectivity index (χ1n) is 8.69. The minimum Gasteiger partial charge on any atom is -0.497 e. The second kappa shape index (κ2) is 6.77. The Balaban J connectivity index is 1.54. The number of pyridine rings is 1. The van der Waals surface area contributed by atoms with Crippen molar-refractivity contribution in [1.29, 1.82) is 0 Å². The second-order valence-electron chi connectivity index (χ2n) is 6.66. The van der Waals surface area contributed by atoms with Crippen LogP contribution in [0.15, 0.2) is 60.8 Å². The number of ether oxygens (including phenoxy) is 1. The summed E-state index contributed by atoms with van der Waals surface area (Å²) in [6, 6.07) is 17.3. The third-order valence-electron chi connectivity index (χ3n) is 5.05. The van der Waals surface area contributed by atoms with Gasteiger partial charge in [-0.15, -0.1) is 0 Å². The predicted octanol–water partition coefficient (Wildman–Crippen LogP) is 2.81. The number of rotatable bonds is 3. The van der Waals surface area contributed by atoms with Crippen LogP contribution in [0, 0.1) is 0 Å². The zero-order valence-corrected chi connectivity index (χ0v) is 14.6. The maximum Gasteiger partial charge on any atom is 0.253 e. The van der Waals surface area contributed by atoms with Gasteiger partial charge in [-0.25, -0.2) is 0 Å². The minimum atomic E-state index is -0.0746. The van der Waals surface area contributed by atoms with Gasteiger partial charge in [0.15, 0.2) is 0 Å². The van der Waals surface area contributed by atoms with Crippen LogP contribution in [0.1, 0.15) is 21.8 Å². The van der Waals surface area contributed by atoms with Crippen LogP contribution in [0.5, 0.6) is 5.75 Å². The number of carbonyl (C=O) groups is 1. The lowest BCUT2D eigenvalue weighted by atomic mass is 9.95. The Morgan fingerprint density at radius 1 is 1.15 bits per heavy atom. The molecule has 1 amide bonds. The van der Waals surface area contributed by atoms with Crippen LogP contribution in [0.4, 0.5) is 0 Å². The number of nitrogens with zero attached hydrogens (tertiary/aromatic N) is 2. The Morgan fingerprint density at radius 2 is 1.96 bits per heavy atom. The van der Waals surface area contributed by atoms with Gasteiger partial charge >= 0.3 is 0 Å². The summed E-state index contributed by atoms with van der Waals surface area (Å²) in [6.45, 7) is 1.18. The molecule has 4 rings (SSSR count). The highest BCUT2D eigenvalue weighted by atomic mass is 16.5. The third kappa shape index (κ3) is 3.02. The monoisotopic (exact) mass is 347 g/mol. The molecule has 2 aromatic carbocycles. The topological polar surface area (TPSA) is 68.5 Å². The van der Waals surface area contributed by atoms with Crippen LogP contribution in [0.25, 0.3) is 10.9 Å². The maximum absolute atomic E-state index is 12.9. The molecule has 0 saturated carbocycles. The van der Waals surface area contributed by atoms with Gasteiger partial charge in [0.2, 0.25) is 0 Å². The number of likely N-dealkylation sites (tertiary alicyclic amines) is 1. The van der Waals surface area contributed by atoms with Crippen molar-refractivity contribution in [2.45, 2.75) is 12.0 Å². The van der Waals surface area contributed by atoms with Crippen LogP contribution in [0.3, 0.4) is 0 Å². The molecule has 5 nitrogen and oxygen atoms in total. The number of amides is 1. The van der Waals surface area contributed by atoms with Crippen LogP contribution in [-0.2, 0) is 0 Å². The van der Waals surface area contributed by atoms with Crippen molar-refractivity contribution in [1.82, 2.24) is 9.88 Å². The SMILES string of the molecule is COc1ccc([C@H]2CN(C(=O)c3ccc4ncccc4c3)C[C@@H]2N)cc1. The van der Waals surface area contributed by atoms with Crippen molar-refractivity contribution in [3.63, 3.8) is 0 Å². The molecular formula is C21H21N3O2. The van der Waals surface area contributed by atoms with Gasteiger partial charge in [-0.1, -0.05) is 18.2 Å². The van der Waals surface area contributed by atoms with Gasteiger partial charge in [-0.05, 0) is 42.0 Å². The van der Waals surface area contributed by atoms with Crippen molar-refractivity contribution < 1.29 is 9.53 Å². The molecule has 0 aliphatic carbocycles. The van der Waals surface area contributed by atoms with E-state index in [9.17, 15) is 4.79 Å². The molecule has 3 aromatic rings. The maximum atomic E-state index is 12.9. The van der Waals surface area contributed by atoms with E-state index in [4.69, 9.17) is 10.5 Å². The fourth-order valence-corrected chi connectivity index (χ4v) is 3.59. The third-order valence-corrected chi connectivity index (χ3v) is 5.05. The molecule has 0 radical (unpaired) electrons. The average Bonchev–Trinajstić information content (AvgIpc) is 3.08. The van der Waals surface area contributed by atoms with E-state index in [-0.39, 0.29) is 17.9 Å². The van der Waals surface area contributed by atoms with E-state index in [1.807, 2.05) is 59.5 Å². The molecule has 0 spiro atoms. The number of methoxy groups -OCH3 is 1. The lowest BCUT2D eigenvalue weighted by Gasteiger charge is -2.17. The molecule has 5 heteroatoms. The number of fused-ring (bicyclic) bond motifs is 1. The molecule has 2 N–H and O–H groups in total. The number of carbonyl (C=O) groups excluding carboxylic acids is 1. The van der Waals surface area contributed by atoms with E-state index in [1.165, 1.54) is 0 Å². The quantitative estimate of drug-likeness (QED) is 0.791. The standard InChI is InChI=1S/C21H21N3O2/c1-26-17-7-4-14(5-8-17)18-12-24(13-19(18)22)21(25)16-6-9-20-15(11-16)3-2-10-23-20/h2-11,18-19H,12-13,22H2,1H3/t18-,19+/m1/s1. The number of nitrogens with two attached hydrogens (primary N) is 1. The Hall–Kier alpha value is -2.92. The fourth-order valence-electron chi connectivity index (χ4n) is 3.59. The van der Waals surface area contributed by atoms with Gasteiger partial charge in [0.05, 0.1) is 12.6 Å². The number of benzene rings is 2. The molecule has 2 heterocycles. The van der Waals surface area contributed by atoms with Crippen molar-refractivity contribution in [3.05, 3.63) is 71.9 Å². The Labute approximate surface area is 152 Å². The zero-order valence-electron chi connectivity index (χ0n) is 14.6. The highest BCUT2D eigenvalue weighted by molar-refractivity contribution is 5.98. The number of aromatic nitrogens is 1. The summed E-state index contributed by atoms with van der Waals surface area (Å²) in [6.07, 6.45) is 1.75. The first-order valence-corrected chi connectivity index (χ1v) is 8.69. The van der Waals surface area contributed by atoms with Crippen LogP contribution >= 0.6 is 0 Å². The van der Waals surface area contributed by atoms with Crippen molar-refractivity contribution >= 4 is 16.8 Å². The van der Waals surface area contributed by atoms with Gasteiger partial charge in [0.25, 0.3) is 5.91 Å². The smallest absolute Gasteiger partial charge is 0.253 e. The Kier molecular flexibility index (Phi) is 4.31. The van der Waals surface area contributed by atoms with E-state index in [2.05, 4.69) is 4.98 Å². The van der Waals surface area contributed by atoms with Crippen LogP contribution < -0.4 is 10.5 Å². The van der Waals surface area contributed by atoms with Crippen LogP contribution in [0.2, 0.25) is 0 Å². The average molecular weight is 347 g/mol. The van der Waals surface area contributed by atoms with Gasteiger partial charge in [-0.3, -0.25) is 9.78 Å². The van der Waals surface area contributed by atoms with E-state index >= 15 is 0 Å². The summed E-state index contributed by atoms with van der Waals surface area (Å²) < 4.78 is 5.21. The van der Waals surface area contributed by atoms with E-state index in [0.29, 0.717) is 18.7 Å². The lowest BCUT2D eigenvalue weighted by Crippen LogP contribution is -2.32. The number of hydrogen-bond acceptors (Lipinski definition) is 4. The zero-order chi connectivity index (χ0) is 18.1. The van der Waals surface area contributed by atoms with Crippen LogP contribution in [-0.4, -0.2) is 42.0 Å². The first kappa shape index (κ1) is 16.5. The normalized spacial score (nSPS) is 19.7. The number of hydrogen-bond donors (Lipinski definition) is 1. The second-order valence-corrected chi connectivity index (χ2v) is 6.66. The van der Waals surface area contributed by atoms with Crippen molar-refractivity contribution in [2.75, 3.05) is 20.2 Å². The van der Waals surface area contributed by atoms with Gasteiger partial charge in [0, 0.05) is 42.2 Å². The molecule has 1 aliphatic rings. The molecule has 1 saturated heterocycles. The van der Waals surface area contributed by atoms with E-state index < -0.39 is 0 Å². The van der Waals surface area contributed by atoms with E-state index in [0.717, 1.165) is 22.2 Å². The van der Waals surface area contributed by atoms with Gasteiger partial charge in [0.1, 0.15) is 5.75 Å². The fraction of sp³-hybridized carbons (Fsp3) is 0.238. The van der Waals surface area contributed by atoms with Gasteiger partial charge in [-0.2, -0.15) is 0 Å². The molecule has 1 fully saturated rings. The molecule has 132 valence electrons. The molecule has 0 bridgehead atoms. The highest BCUT2D eigenvalue weighted by Crippen LogP contribution is 2.29. The molecule has 1 aliphatic heterocycles. The Morgan fingerprint density at radius 3 is 2.73 bits per heavy atom. The summed E-state index contributed by atoms with van der Waals surface area (Å²) in [5.41, 5.74) is 9.04. The minimum absolute atomic E-state index is 0.0159. The summed E-state index contributed by atoms with van der Waals surface area (Å²) in [7, 11) is 1.65. The summed E-state index contributed by atoms with van der Waals surface area (Å²) in [5, 5.41) is 0.966. The molecule has 0 unspecified atom stereocenters. The molecule has 26 heavy (non-hydrogen) atoms. The molecular weight excluding hydrogens is 326 g/mol. The molecule has 1 aromatic heterocycles. The summed E-state index contributed by atoms with van der Waals surface area (Å²) >= 11 is 0. The Bertz CT molecular complexity index is 939. The lowest BCUT2D eigenvalue weighted by molar-refractivity contribution is 0.0789. The largest absolute Gasteiger partial charge is 0.497 e. The van der Waals surface area contributed by atoms with Crippen molar-refractivity contribution in [3.8, 4) is 5.75 Å². The predicted molar refractivity (Wildman–Crippen MR) is 101 cm³/mol. The van der Waals surface area contributed by atoms with Gasteiger partial charge < -0.3 is 15.4 Å². The highest BCUT2D eigenvalue weighted by Gasteiger charge is 2.34. The van der Waals surface area contributed by atoms with E-state index in [1.54, 1.807) is 13.3 Å². The summed E-state index contributed by atoms with van der Waals surface area (Å²) in [5.74, 6) is 0.965. The molecule has 2 atom stereocenters.